The van der Waals surface area contributed by atoms with Gasteiger partial charge in [-0.1, -0.05) is 35.5 Å². The Morgan fingerprint density at radius 2 is 1.80 bits per heavy atom. The predicted molar refractivity (Wildman–Crippen MR) is 112 cm³/mol. The van der Waals surface area contributed by atoms with Crippen LogP contribution in [0.3, 0.4) is 0 Å². The van der Waals surface area contributed by atoms with Crippen LogP contribution in [-0.4, -0.2) is 34.0 Å². The molecule has 0 atom stereocenters. The van der Waals surface area contributed by atoms with E-state index < -0.39 is 0 Å². The zero-order chi connectivity index (χ0) is 20.8. The highest BCUT2D eigenvalue weighted by molar-refractivity contribution is 5.76. The first-order chi connectivity index (χ1) is 14.7. The highest BCUT2D eigenvalue weighted by atomic mass is 19.1. The third kappa shape index (κ3) is 5.32. The van der Waals surface area contributed by atoms with Crippen molar-refractivity contribution in [1.82, 2.24) is 15.0 Å². The Hall–Kier alpha value is -3.02. The average Bonchev–Trinajstić information content (AvgIpc) is 3.24. The van der Waals surface area contributed by atoms with Crippen molar-refractivity contribution in [3.63, 3.8) is 0 Å². The van der Waals surface area contributed by atoms with Crippen LogP contribution in [0.2, 0.25) is 0 Å². The van der Waals surface area contributed by atoms with Crippen molar-refractivity contribution in [2.75, 3.05) is 13.1 Å². The summed E-state index contributed by atoms with van der Waals surface area (Å²) >= 11 is 0. The van der Waals surface area contributed by atoms with Crippen LogP contribution in [0.1, 0.15) is 37.1 Å². The number of likely N-dealkylation sites (tertiary alicyclic amines) is 1. The summed E-state index contributed by atoms with van der Waals surface area (Å²) in [5.74, 6) is 1.47. The second-order valence-corrected chi connectivity index (χ2v) is 7.89. The Labute approximate surface area is 175 Å². The van der Waals surface area contributed by atoms with Gasteiger partial charge in [-0.25, -0.2) is 4.39 Å². The Bertz CT molecular complexity index is 948. The summed E-state index contributed by atoms with van der Waals surface area (Å²) in [5, 5.41) is 4.01. The third-order valence-electron chi connectivity index (χ3n) is 5.70. The van der Waals surface area contributed by atoms with E-state index in [0.717, 1.165) is 44.3 Å². The van der Waals surface area contributed by atoms with Gasteiger partial charge in [0.1, 0.15) is 5.82 Å². The largest absolute Gasteiger partial charge is 0.343 e. The Morgan fingerprint density at radius 3 is 2.53 bits per heavy atom. The number of hydrogen-bond acceptors (Lipinski definition) is 4. The lowest BCUT2D eigenvalue weighted by Gasteiger charge is -2.31. The fourth-order valence-electron chi connectivity index (χ4n) is 3.93. The number of benzene rings is 2. The molecule has 1 amide bonds. The van der Waals surface area contributed by atoms with Crippen molar-refractivity contribution in [2.24, 2.45) is 5.92 Å². The zero-order valence-corrected chi connectivity index (χ0v) is 17.0. The molecule has 0 saturated carbocycles. The number of nitrogens with zero attached hydrogens (tertiary/aromatic N) is 3. The molecule has 156 valence electrons. The zero-order valence-electron chi connectivity index (χ0n) is 17.0. The van der Waals surface area contributed by atoms with Crippen molar-refractivity contribution in [3.05, 3.63) is 71.9 Å². The van der Waals surface area contributed by atoms with Crippen molar-refractivity contribution >= 4 is 5.91 Å². The van der Waals surface area contributed by atoms with Gasteiger partial charge in [0.25, 0.3) is 0 Å². The summed E-state index contributed by atoms with van der Waals surface area (Å²) in [6, 6.07) is 16.4. The lowest BCUT2D eigenvalue weighted by atomic mass is 9.93. The van der Waals surface area contributed by atoms with Crippen molar-refractivity contribution < 1.29 is 13.7 Å². The van der Waals surface area contributed by atoms with E-state index in [1.165, 1.54) is 17.7 Å². The van der Waals surface area contributed by atoms with Gasteiger partial charge < -0.3 is 9.42 Å². The summed E-state index contributed by atoms with van der Waals surface area (Å²) in [6.07, 6.45) is 5.03. The first kappa shape index (κ1) is 20.3. The second-order valence-electron chi connectivity index (χ2n) is 7.89. The lowest BCUT2D eigenvalue weighted by molar-refractivity contribution is -0.132. The van der Waals surface area contributed by atoms with Gasteiger partial charge in [0.2, 0.25) is 17.6 Å². The number of piperidine rings is 1. The van der Waals surface area contributed by atoms with Gasteiger partial charge in [-0.3, -0.25) is 4.79 Å². The number of aromatic nitrogens is 2. The van der Waals surface area contributed by atoms with E-state index in [9.17, 15) is 9.18 Å². The second kappa shape index (κ2) is 9.65. The Balaban J connectivity index is 1.21. The summed E-state index contributed by atoms with van der Waals surface area (Å²) in [6.45, 7) is 1.57. The number of halogens is 1. The molecule has 0 unspecified atom stereocenters. The standard InChI is InChI=1S/C24H26FN3O2/c25-21-11-9-20(10-12-21)24-26-22(30-27-24)17-19-13-15-28(16-14-19)23(29)8-4-7-18-5-2-1-3-6-18/h1-3,5-6,9-12,19H,4,7-8,13-17H2. The van der Waals surface area contributed by atoms with E-state index in [2.05, 4.69) is 22.3 Å². The molecule has 4 rings (SSSR count). The molecular weight excluding hydrogens is 381 g/mol. The normalized spacial score (nSPS) is 14.8. The van der Waals surface area contributed by atoms with Crippen LogP contribution in [0.4, 0.5) is 4.39 Å². The molecule has 1 fully saturated rings. The molecule has 1 aliphatic rings. The first-order valence-corrected chi connectivity index (χ1v) is 10.6. The molecule has 0 aliphatic carbocycles. The molecule has 30 heavy (non-hydrogen) atoms. The van der Waals surface area contributed by atoms with Gasteiger partial charge in [0.15, 0.2) is 0 Å². The molecule has 3 aromatic rings. The highest BCUT2D eigenvalue weighted by Gasteiger charge is 2.24. The maximum absolute atomic E-state index is 13.1. The minimum atomic E-state index is -0.288. The van der Waals surface area contributed by atoms with E-state index in [4.69, 9.17) is 4.52 Å². The van der Waals surface area contributed by atoms with E-state index in [1.807, 2.05) is 23.1 Å². The van der Waals surface area contributed by atoms with Crippen LogP contribution in [0.25, 0.3) is 11.4 Å². The summed E-state index contributed by atoms with van der Waals surface area (Å²) < 4.78 is 18.4. The predicted octanol–water partition coefficient (Wildman–Crippen LogP) is 4.68. The molecular formula is C24H26FN3O2. The molecule has 0 radical (unpaired) electrons. The summed E-state index contributed by atoms with van der Waals surface area (Å²) in [7, 11) is 0. The monoisotopic (exact) mass is 407 g/mol. The molecule has 0 spiro atoms. The lowest BCUT2D eigenvalue weighted by Crippen LogP contribution is -2.38. The van der Waals surface area contributed by atoms with Crippen molar-refractivity contribution in [1.29, 1.82) is 0 Å². The fraction of sp³-hybridized carbons (Fsp3) is 0.375. The number of hydrogen-bond donors (Lipinski definition) is 0. The molecule has 2 heterocycles. The molecule has 1 saturated heterocycles. The number of rotatable bonds is 7. The Morgan fingerprint density at radius 1 is 1.07 bits per heavy atom. The third-order valence-corrected chi connectivity index (χ3v) is 5.70. The molecule has 6 heteroatoms. The first-order valence-electron chi connectivity index (χ1n) is 10.6. The van der Waals surface area contributed by atoms with E-state index in [1.54, 1.807) is 12.1 Å². The van der Waals surface area contributed by atoms with Crippen LogP contribution in [-0.2, 0) is 17.6 Å². The molecule has 1 aromatic heterocycles. The minimum Gasteiger partial charge on any atom is -0.343 e. The minimum absolute atomic E-state index is 0.251. The molecule has 0 bridgehead atoms. The van der Waals surface area contributed by atoms with Crippen molar-refractivity contribution in [3.8, 4) is 11.4 Å². The quantitative estimate of drug-likeness (QED) is 0.571. The van der Waals surface area contributed by atoms with Gasteiger partial charge in [0.05, 0.1) is 0 Å². The van der Waals surface area contributed by atoms with Crippen molar-refractivity contribution in [2.45, 2.75) is 38.5 Å². The Kier molecular flexibility index (Phi) is 6.52. The maximum Gasteiger partial charge on any atom is 0.227 e. The van der Waals surface area contributed by atoms with Gasteiger partial charge >= 0.3 is 0 Å². The molecule has 2 aromatic carbocycles. The average molecular weight is 407 g/mol. The van der Waals surface area contributed by atoms with Crippen LogP contribution in [0.5, 0.6) is 0 Å². The fourth-order valence-corrected chi connectivity index (χ4v) is 3.93. The highest BCUT2D eigenvalue weighted by Crippen LogP contribution is 2.23. The van der Waals surface area contributed by atoms with Crippen LogP contribution in [0, 0.1) is 11.7 Å². The molecule has 0 N–H and O–H groups in total. The maximum atomic E-state index is 13.1. The topological polar surface area (TPSA) is 59.2 Å². The van der Waals surface area contributed by atoms with Gasteiger partial charge in [0, 0.05) is 31.5 Å². The van der Waals surface area contributed by atoms with E-state index in [0.29, 0.717) is 30.5 Å². The smallest absolute Gasteiger partial charge is 0.227 e. The molecule has 1 aliphatic heterocycles. The molecule has 5 nitrogen and oxygen atoms in total. The number of amides is 1. The number of carbonyl (C=O) groups excluding carboxylic acids is 1. The van der Waals surface area contributed by atoms with Crippen LogP contribution in [0.15, 0.2) is 59.1 Å². The number of carbonyl (C=O) groups is 1. The van der Waals surface area contributed by atoms with Gasteiger partial charge in [-0.2, -0.15) is 4.98 Å². The van der Waals surface area contributed by atoms with Gasteiger partial charge in [-0.15, -0.1) is 0 Å². The number of aryl methyl sites for hydroxylation is 1. The summed E-state index contributed by atoms with van der Waals surface area (Å²) in [4.78, 5) is 18.9. The summed E-state index contributed by atoms with van der Waals surface area (Å²) in [5.41, 5.74) is 2.02. The van der Waals surface area contributed by atoms with Crippen LogP contribution >= 0.6 is 0 Å². The van der Waals surface area contributed by atoms with E-state index >= 15 is 0 Å². The van der Waals surface area contributed by atoms with Gasteiger partial charge in [-0.05, 0) is 61.4 Å². The van der Waals surface area contributed by atoms with E-state index in [-0.39, 0.29) is 11.7 Å². The van der Waals surface area contributed by atoms with Crippen LogP contribution < -0.4 is 0 Å². The SMILES string of the molecule is O=C(CCCc1ccccc1)N1CCC(Cc2nc(-c3ccc(F)cc3)no2)CC1.